The van der Waals surface area contributed by atoms with Crippen molar-refractivity contribution in [3.63, 3.8) is 0 Å². The number of ether oxygens (including phenoxy) is 1. The first-order chi connectivity index (χ1) is 13.2. The molecule has 0 bridgehead atoms. The molecule has 2 rings (SSSR count). The van der Waals surface area contributed by atoms with Crippen molar-refractivity contribution in [3.05, 3.63) is 58.7 Å². The predicted octanol–water partition coefficient (Wildman–Crippen LogP) is 2.97. The molecule has 0 spiro atoms. The second-order valence-corrected chi connectivity index (χ2v) is 8.67. The molecule has 6 nitrogen and oxygen atoms in total. The van der Waals surface area contributed by atoms with E-state index in [1.54, 1.807) is 20.0 Å². The Morgan fingerprint density at radius 3 is 2.04 bits per heavy atom. The summed E-state index contributed by atoms with van der Waals surface area (Å²) in [6.07, 6.45) is 1.22. The van der Waals surface area contributed by atoms with Crippen molar-refractivity contribution in [2.24, 2.45) is 4.99 Å². The van der Waals surface area contributed by atoms with Gasteiger partial charge in [-0.3, -0.25) is 4.99 Å². The molecule has 0 saturated carbocycles. The Morgan fingerprint density at radius 1 is 1.00 bits per heavy atom. The van der Waals surface area contributed by atoms with Gasteiger partial charge in [0.1, 0.15) is 5.75 Å². The van der Waals surface area contributed by atoms with Crippen molar-refractivity contribution < 1.29 is 13.2 Å². The van der Waals surface area contributed by atoms with E-state index >= 15 is 0 Å². The highest BCUT2D eigenvalue weighted by atomic mass is 32.2. The summed E-state index contributed by atoms with van der Waals surface area (Å²) in [5.74, 6) is 1.58. The van der Waals surface area contributed by atoms with E-state index in [4.69, 9.17) is 4.74 Å². The van der Waals surface area contributed by atoms with Crippen molar-refractivity contribution in [2.45, 2.75) is 38.8 Å². The number of rotatable bonds is 7. The average Bonchev–Trinajstić information content (AvgIpc) is 2.63. The zero-order valence-corrected chi connectivity index (χ0v) is 18.0. The minimum Gasteiger partial charge on any atom is -0.494 e. The van der Waals surface area contributed by atoms with Gasteiger partial charge in [-0.25, -0.2) is 8.42 Å². The lowest BCUT2D eigenvalue weighted by atomic mass is 10.1. The highest BCUT2D eigenvalue weighted by Gasteiger charge is 2.11. The standard InChI is InChI=1S/C21H29N3O3S/c1-6-27-19-9-7-17(11-15(19)2)13-23-21(22-4)24-14-18-8-10-20(16(3)12-18)28(5,25)26/h7-12H,6,13-14H2,1-5H3,(H2,22,23,24). The maximum atomic E-state index is 11.7. The molecule has 2 aromatic rings. The molecule has 152 valence electrons. The molecule has 0 aromatic heterocycles. The molecule has 2 aromatic carbocycles. The summed E-state index contributed by atoms with van der Waals surface area (Å²) >= 11 is 0. The van der Waals surface area contributed by atoms with Gasteiger partial charge in [0, 0.05) is 26.4 Å². The molecule has 0 saturated heterocycles. The zero-order valence-electron chi connectivity index (χ0n) is 17.2. The van der Waals surface area contributed by atoms with Crippen molar-refractivity contribution in [3.8, 4) is 5.75 Å². The van der Waals surface area contributed by atoms with Gasteiger partial charge in [-0.2, -0.15) is 0 Å². The SMILES string of the molecule is CCOc1ccc(CNC(=NC)NCc2ccc(S(C)(=O)=O)c(C)c2)cc1C. The molecule has 0 unspecified atom stereocenters. The number of nitrogens with one attached hydrogen (secondary N) is 2. The monoisotopic (exact) mass is 403 g/mol. The maximum Gasteiger partial charge on any atom is 0.191 e. The third kappa shape index (κ3) is 5.99. The first-order valence-electron chi connectivity index (χ1n) is 9.21. The van der Waals surface area contributed by atoms with Crippen LogP contribution in [-0.4, -0.2) is 34.3 Å². The summed E-state index contributed by atoms with van der Waals surface area (Å²) in [5.41, 5.74) is 3.97. The Balaban J connectivity index is 1.95. The van der Waals surface area contributed by atoms with Crippen molar-refractivity contribution in [1.82, 2.24) is 10.6 Å². The Kier molecular flexibility index (Phi) is 7.45. The van der Waals surface area contributed by atoms with Crippen LogP contribution in [0, 0.1) is 13.8 Å². The summed E-state index contributed by atoms with van der Waals surface area (Å²) in [5, 5.41) is 6.54. The second kappa shape index (κ2) is 9.59. The van der Waals surface area contributed by atoms with E-state index in [-0.39, 0.29) is 0 Å². The Bertz CT molecular complexity index is 953. The number of sulfone groups is 1. The fourth-order valence-electron chi connectivity index (χ4n) is 2.97. The molecule has 0 amide bonds. The molecular formula is C21H29N3O3S. The van der Waals surface area contributed by atoms with Gasteiger partial charge in [0.2, 0.25) is 0 Å². The van der Waals surface area contributed by atoms with Gasteiger partial charge >= 0.3 is 0 Å². The number of nitrogens with zero attached hydrogens (tertiary/aromatic N) is 1. The van der Waals surface area contributed by atoms with E-state index in [9.17, 15) is 8.42 Å². The lowest BCUT2D eigenvalue weighted by Gasteiger charge is -2.14. The molecular weight excluding hydrogens is 374 g/mol. The summed E-state index contributed by atoms with van der Waals surface area (Å²) in [7, 11) is -1.48. The van der Waals surface area contributed by atoms with Gasteiger partial charge < -0.3 is 15.4 Å². The van der Waals surface area contributed by atoms with Crippen molar-refractivity contribution in [1.29, 1.82) is 0 Å². The maximum absolute atomic E-state index is 11.7. The Labute approximate surface area is 168 Å². The molecule has 0 radical (unpaired) electrons. The average molecular weight is 404 g/mol. The number of hydrogen-bond donors (Lipinski definition) is 2. The van der Waals surface area contributed by atoms with Crippen LogP contribution >= 0.6 is 0 Å². The minimum absolute atomic E-state index is 0.365. The molecule has 2 N–H and O–H groups in total. The highest BCUT2D eigenvalue weighted by Crippen LogP contribution is 2.19. The molecule has 0 fully saturated rings. The van der Waals surface area contributed by atoms with Crippen LogP contribution < -0.4 is 15.4 Å². The topological polar surface area (TPSA) is 79.8 Å². The van der Waals surface area contributed by atoms with Crippen LogP contribution in [0.25, 0.3) is 0 Å². The van der Waals surface area contributed by atoms with E-state index in [2.05, 4.69) is 21.7 Å². The molecule has 0 aliphatic rings. The van der Waals surface area contributed by atoms with E-state index < -0.39 is 9.84 Å². The van der Waals surface area contributed by atoms with Gasteiger partial charge in [0.15, 0.2) is 15.8 Å². The largest absolute Gasteiger partial charge is 0.494 e. The zero-order chi connectivity index (χ0) is 20.7. The molecule has 0 heterocycles. The van der Waals surface area contributed by atoms with Crippen LogP contribution in [-0.2, 0) is 22.9 Å². The van der Waals surface area contributed by atoms with E-state index in [0.717, 1.165) is 28.0 Å². The van der Waals surface area contributed by atoms with Crippen LogP contribution in [0.15, 0.2) is 46.3 Å². The van der Waals surface area contributed by atoms with Gasteiger partial charge in [-0.1, -0.05) is 24.3 Å². The van der Waals surface area contributed by atoms with E-state index in [0.29, 0.717) is 30.6 Å². The number of aryl methyl sites for hydroxylation is 2. The summed E-state index contributed by atoms with van der Waals surface area (Å²) in [6.45, 7) is 7.65. The van der Waals surface area contributed by atoms with Gasteiger partial charge in [0.25, 0.3) is 0 Å². The third-order valence-electron chi connectivity index (χ3n) is 4.32. The van der Waals surface area contributed by atoms with Crippen LogP contribution in [0.2, 0.25) is 0 Å². The summed E-state index contributed by atoms with van der Waals surface area (Å²) in [6, 6.07) is 11.5. The lowest BCUT2D eigenvalue weighted by Crippen LogP contribution is -2.36. The number of guanidine groups is 1. The predicted molar refractivity (Wildman–Crippen MR) is 114 cm³/mol. The Hall–Kier alpha value is -2.54. The van der Waals surface area contributed by atoms with Crippen LogP contribution in [0.5, 0.6) is 5.75 Å². The first kappa shape index (κ1) is 21.8. The first-order valence-corrected chi connectivity index (χ1v) is 11.1. The second-order valence-electron chi connectivity index (χ2n) is 6.68. The Morgan fingerprint density at radius 2 is 1.57 bits per heavy atom. The van der Waals surface area contributed by atoms with Gasteiger partial charge in [-0.15, -0.1) is 0 Å². The van der Waals surface area contributed by atoms with Crippen molar-refractivity contribution >= 4 is 15.8 Å². The lowest BCUT2D eigenvalue weighted by molar-refractivity contribution is 0.338. The highest BCUT2D eigenvalue weighted by molar-refractivity contribution is 7.90. The van der Waals surface area contributed by atoms with E-state index in [1.165, 1.54) is 6.26 Å². The molecule has 0 aliphatic heterocycles. The fraction of sp³-hybridized carbons (Fsp3) is 0.381. The summed E-state index contributed by atoms with van der Waals surface area (Å²) < 4.78 is 29.0. The number of aliphatic imine (C=N–C) groups is 1. The van der Waals surface area contributed by atoms with Crippen LogP contribution in [0.4, 0.5) is 0 Å². The van der Waals surface area contributed by atoms with Crippen LogP contribution in [0.3, 0.4) is 0 Å². The number of benzene rings is 2. The van der Waals surface area contributed by atoms with Gasteiger partial charge in [0.05, 0.1) is 11.5 Å². The summed E-state index contributed by atoms with van der Waals surface area (Å²) in [4.78, 5) is 4.61. The molecule has 0 aliphatic carbocycles. The quantitative estimate of drug-likeness (QED) is 0.549. The van der Waals surface area contributed by atoms with E-state index in [1.807, 2.05) is 38.1 Å². The van der Waals surface area contributed by atoms with Crippen LogP contribution in [0.1, 0.15) is 29.2 Å². The molecule has 28 heavy (non-hydrogen) atoms. The smallest absolute Gasteiger partial charge is 0.191 e. The molecule has 0 atom stereocenters. The van der Waals surface area contributed by atoms with Crippen molar-refractivity contribution in [2.75, 3.05) is 19.9 Å². The fourth-order valence-corrected chi connectivity index (χ4v) is 3.93. The molecule has 7 heteroatoms. The minimum atomic E-state index is -3.20. The van der Waals surface area contributed by atoms with Gasteiger partial charge in [-0.05, 0) is 55.2 Å². The third-order valence-corrected chi connectivity index (χ3v) is 5.58. The number of hydrogen-bond acceptors (Lipinski definition) is 4. The normalized spacial score (nSPS) is 12.0.